The van der Waals surface area contributed by atoms with Crippen LogP contribution in [-0.4, -0.2) is 29.5 Å². The standard InChI is InChI=1S/C13H15Cl2NO3/c1-13(16-11(17)10(14)15)7-18-12(19-8-13)9-5-3-2-4-6-9/h2-6,10,12H,7-8H2,1H3,(H,16,17). The van der Waals surface area contributed by atoms with E-state index in [4.69, 9.17) is 32.7 Å². The molecule has 104 valence electrons. The van der Waals surface area contributed by atoms with Gasteiger partial charge in [-0.25, -0.2) is 0 Å². The number of halogens is 2. The number of hydrogen-bond acceptors (Lipinski definition) is 3. The van der Waals surface area contributed by atoms with Gasteiger partial charge >= 0.3 is 0 Å². The van der Waals surface area contributed by atoms with Crippen LogP contribution in [0.3, 0.4) is 0 Å². The molecule has 1 saturated heterocycles. The van der Waals surface area contributed by atoms with Crippen LogP contribution in [-0.2, 0) is 14.3 Å². The van der Waals surface area contributed by atoms with Crippen LogP contribution in [0, 0.1) is 0 Å². The van der Waals surface area contributed by atoms with Gasteiger partial charge in [0.1, 0.15) is 0 Å². The summed E-state index contributed by atoms with van der Waals surface area (Å²) in [7, 11) is 0. The summed E-state index contributed by atoms with van der Waals surface area (Å²) in [6, 6.07) is 9.63. The van der Waals surface area contributed by atoms with Crippen molar-refractivity contribution in [2.75, 3.05) is 13.2 Å². The van der Waals surface area contributed by atoms with Gasteiger partial charge in [0.15, 0.2) is 11.1 Å². The van der Waals surface area contributed by atoms with E-state index in [0.717, 1.165) is 5.56 Å². The molecule has 1 aromatic carbocycles. The smallest absolute Gasteiger partial charge is 0.253 e. The molecule has 2 rings (SSSR count). The van der Waals surface area contributed by atoms with Crippen LogP contribution in [0.2, 0.25) is 0 Å². The predicted molar refractivity (Wildman–Crippen MR) is 73.1 cm³/mol. The highest BCUT2D eigenvalue weighted by Crippen LogP contribution is 2.26. The quantitative estimate of drug-likeness (QED) is 0.872. The van der Waals surface area contributed by atoms with Crippen molar-refractivity contribution in [3.8, 4) is 0 Å². The van der Waals surface area contributed by atoms with E-state index < -0.39 is 22.6 Å². The molecule has 0 radical (unpaired) electrons. The predicted octanol–water partition coefficient (Wildman–Crippen LogP) is 2.41. The number of hydrogen-bond donors (Lipinski definition) is 1. The molecular formula is C13H15Cl2NO3. The first kappa shape index (κ1) is 14.6. The lowest BCUT2D eigenvalue weighted by Gasteiger charge is -2.38. The number of nitrogens with one attached hydrogen (secondary N) is 1. The third kappa shape index (κ3) is 3.83. The summed E-state index contributed by atoms with van der Waals surface area (Å²) in [5, 5.41) is 2.71. The number of carbonyl (C=O) groups excluding carboxylic acids is 1. The lowest BCUT2D eigenvalue weighted by molar-refractivity contribution is -0.214. The molecule has 0 bridgehead atoms. The fourth-order valence-electron chi connectivity index (χ4n) is 1.84. The average molecular weight is 304 g/mol. The Morgan fingerprint density at radius 1 is 1.32 bits per heavy atom. The minimum atomic E-state index is -1.09. The molecule has 0 atom stereocenters. The second-order valence-corrected chi connectivity index (χ2v) is 5.81. The molecule has 1 N–H and O–H groups in total. The van der Waals surface area contributed by atoms with Crippen molar-refractivity contribution < 1.29 is 14.3 Å². The molecule has 0 aromatic heterocycles. The maximum atomic E-state index is 11.5. The van der Waals surface area contributed by atoms with Crippen LogP contribution in [0.4, 0.5) is 0 Å². The summed E-state index contributed by atoms with van der Waals surface area (Å²) in [5.41, 5.74) is 0.327. The van der Waals surface area contributed by atoms with Crippen LogP contribution in [0.25, 0.3) is 0 Å². The van der Waals surface area contributed by atoms with Gasteiger partial charge in [-0.2, -0.15) is 0 Å². The van der Waals surface area contributed by atoms with Crippen molar-refractivity contribution >= 4 is 29.1 Å². The summed E-state index contributed by atoms with van der Waals surface area (Å²) in [6.07, 6.45) is -0.408. The van der Waals surface area contributed by atoms with E-state index in [1.54, 1.807) is 0 Å². The van der Waals surface area contributed by atoms with Gasteiger partial charge in [-0.15, -0.1) is 0 Å². The minimum absolute atomic E-state index is 0.332. The number of carbonyl (C=O) groups is 1. The van der Waals surface area contributed by atoms with E-state index in [0.29, 0.717) is 13.2 Å². The monoisotopic (exact) mass is 303 g/mol. The maximum Gasteiger partial charge on any atom is 0.253 e. The summed E-state index contributed by atoms with van der Waals surface area (Å²) in [4.78, 5) is 10.4. The van der Waals surface area contributed by atoms with Crippen molar-refractivity contribution in [3.05, 3.63) is 35.9 Å². The molecule has 0 spiro atoms. The minimum Gasteiger partial charge on any atom is -0.346 e. The van der Waals surface area contributed by atoms with Gasteiger partial charge in [-0.1, -0.05) is 53.5 Å². The van der Waals surface area contributed by atoms with Gasteiger partial charge in [-0.05, 0) is 6.92 Å². The molecule has 1 fully saturated rings. The van der Waals surface area contributed by atoms with Crippen molar-refractivity contribution in [1.82, 2.24) is 5.32 Å². The topological polar surface area (TPSA) is 47.6 Å². The molecule has 1 amide bonds. The Balaban J connectivity index is 1.93. The van der Waals surface area contributed by atoms with Gasteiger partial charge in [-0.3, -0.25) is 4.79 Å². The van der Waals surface area contributed by atoms with Crippen LogP contribution >= 0.6 is 23.2 Å². The first-order valence-corrected chi connectivity index (χ1v) is 6.76. The zero-order chi connectivity index (χ0) is 13.9. The maximum absolute atomic E-state index is 11.5. The van der Waals surface area contributed by atoms with Gasteiger partial charge in [0.25, 0.3) is 5.91 Å². The van der Waals surface area contributed by atoms with Gasteiger partial charge in [0.05, 0.1) is 18.8 Å². The summed E-state index contributed by atoms with van der Waals surface area (Å²) in [6.45, 7) is 2.49. The Morgan fingerprint density at radius 2 is 1.89 bits per heavy atom. The van der Waals surface area contributed by atoms with Gasteiger partial charge in [0, 0.05) is 5.56 Å². The van der Waals surface area contributed by atoms with Crippen molar-refractivity contribution in [1.29, 1.82) is 0 Å². The Labute approximate surface area is 122 Å². The van der Waals surface area contributed by atoms with Crippen LogP contribution in [0.5, 0.6) is 0 Å². The number of alkyl halides is 2. The number of ether oxygens (including phenoxy) is 2. The molecule has 1 aliphatic rings. The zero-order valence-corrected chi connectivity index (χ0v) is 11.9. The lowest BCUT2D eigenvalue weighted by Crippen LogP contribution is -2.56. The van der Waals surface area contributed by atoms with E-state index >= 15 is 0 Å². The normalized spacial score (nSPS) is 27.3. The van der Waals surface area contributed by atoms with Crippen molar-refractivity contribution in [2.24, 2.45) is 0 Å². The molecule has 4 nitrogen and oxygen atoms in total. The SMILES string of the molecule is CC1(NC(=O)C(Cl)Cl)COC(c2ccccc2)OC1. The molecule has 19 heavy (non-hydrogen) atoms. The van der Waals surface area contributed by atoms with E-state index in [1.807, 2.05) is 37.3 Å². The highest BCUT2D eigenvalue weighted by atomic mass is 35.5. The molecule has 0 unspecified atom stereocenters. The second-order valence-electron chi connectivity index (χ2n) is 4.72. The summed E-state index contributed by atoms with van der Waals surface area (Å²) in [5.74, 6) is -0.448. The molecule has 0 aliphatic carbocycles. The first-order valence-electron chi connectivity index (χ1n) is 5.88. The number of amides is 1. The Kier molecular flexibility index (Phi) is 4.68. The highest BCUT2D eigenvalue weighted by molar-refractivity contribution is 6.53. The molecule has 0 saturated carbocycles. The van der Waals surface area contributed by atoms with Crippen LogP contribution in [0.15, 0.2) is 30.3 Å². The third-order valence-corrected chi connectivity index (χ3v) is 3.20. The molecule has 1 heterocycles. The fourth-order valence-corrected chi connectivity index (χ4v) is 1.94. The van der Waals surface area contributed by atoms with E-state index in [-0.39, 0.29) is 0 Å². The van der Waals surface area contributed by atoms with Gasteiger partial charge < -0.3 is 14.8 Å². The largest absolute Gasteiger partial charge is 0.346 e. The van der Waals surface area contributed by atoms with Crippen LogP contribution < -0.4 is 5.32 Å². The fraction of sp³-hybridized carbons (Fsp3) is 0.462. The van der Waals surface area contributed by atoms with E-state index in [1.165, 1.54) is 0 Å². The van der Waals surface area contributed by atoms with E-state index in [2.05, 4.69) is 5.32 Å². The Hall–Kier alpha value is -0.810. The molecular weight excluding hydrogens is 289 g/mol. The van der Waals surface area contributed by atoms with Gasteiger partial charge in [0.2, 0.25) is 0 Å². The molecule has 1 aromatic rings. The Bertz CT molecular complexity index is 431. The zero-order valence-electron chi connectivity index (χ0n) is 10.4. The summed E-state index contributed by atoms with van der Waals surface area (Å²) >= 11 is 11.0. The highest BCUT2D eigenvalue weighted by Gasteiger charge is 2.35. The van der Waals surface area contributed by atoms with Crippen molar-refractivity contribution in [3.63, 3.8) is 0 Å². The first-order chi connectivity index (χ1) is 9.00. The lowest BCUT2D eigenvalue weighted by atomic mass is 10.0. The molecule has 6 heteroatoms. The second kappa shape index (κ2) is 6.09. The summed E-state index contributed by atoms with van der Waals surface area (Å²) < 4.78 is 11.3. The Morgan fingerprint density at radius 3 is 2.42 bits per heavy atom. The van der Waals surface area contributed by atoms with E-state index in [9.17, 15) is 4.79 Å². The third-order valence-electron chi connectivity index (χ3n) is 2.80. The number of rotatable bonds is 3. The van der Waals surface area contributed by atoms with Crippen LogP contribution in [0.1, 0.15) is 18.8 Å². The van der Waals surface area contributed by atoms with Crippen molar-refractivity contribution in [2.45, 2.75) is 23.6 Å². The molecule has 1 aliphatic heterocycles. The average Bonchev–Trinajstić information content (AvgIpc) is 2.40. The number of benzene rings is 1.